The third-order valence-electron chi connectivity index (χ3n) is 6.11. The highest BCUT2D eigenvalue weighted by Gasteiger charge is 2.39. The molecule has 4 rings (SSSR count). The van der Waals surface area contributed by atoms with E-state index in [-0.39, 0.29) is 11.7 Å². The van der Waals surface area contributed by atoms with Crippen LogP contribution in [0.25, 0.3) is 0 Å². The minimum atomic E-state index is -0.762. The molecule has 2 aliphatic rings. The van der Waals surface area contributed by atoms with E-state index in [9.17, 15) is 10.1 Å². The highest BCUT2D eigenvalue weighted by atomic mass is 16.5. The molecule has 28 heavy (non-hydrogen) atoms. The normalized spacial score (nSPS) is 21.8. The Morgan fingerprint density at radius 1 is 1.29 bits per heavy atom. The Morgan fingerprint density at radius 3 is 2.79 bits per heavy atom. The van der Waals surface area contributed by atoms with Gasteiger partial charge in [-0.25, -0.2) is 4.98 Å². The molecule has 0 radical (unpaired) electrons. The SMILES string of the molecule is COc1ccc(C2(C#N)CCc3ncn(C)c(=O)c3C2)cc1OC1CCCC1. The predicted molar refractivity (Wildman–Crippen MR) is 105 cm³/mol. The summed E-state index contributed by atoms with van der Waals surface area (Å²) >= 11 is 0. The molecule has 1 aromatic carbocycles. The van der Waals surface area contributed by atoms with E-state index < -0.39 is 5.41 Å². The van der Waals surface area contributed by atoms with Gasteiger partial charge >= 0.3 is 0 Å². The van der Waals surface area contributed by atoms with Gasteiger partial charge in [-0.3, -0.25) is 4.79 Å². The number of hydrogen-bond acceptors (Lipinski definition) is 5. The molecule has 1 atom stereocenters. The van der Waals surface area contributed by atoms with E-state index in [1.54, 1.807) is 20.5 Å². The predicted octanol–water partition coefficient (Wildman–Crippen LogP) is 3.06. The standard InChI is InChI=1S/C22H25N3O3/c1-25-14-24-18-9-10-22(13-23,12-17(18)21(25)26)15-7-8-19(27-2)20(11-15)28-16-5-3-4-6-16/h7-8,11,14,16H,3-6,9-10,12H2,1-2H3. The average molecular weight is 379 g/mol. The number of aromatic nitrogens is 2. The zero-order chi connectivity index (χ0) is 19.7. The fourth-order valence-electron chi connectivity index (χ4n) is 4.40. The molecule has 146 valence electrons. The second-order valence-electron chi connectivity index (χ2n) is 7.85. The minimum absolute atomic E-state index is 0.0692. The van der Waals surface area contributed by atoms with E-state index >= 15 is 0 Å². The largest absolute Gasteiger partial charge is 0.493 e. The lowest BCUT2D eigenvalue weighted by molar-refractivity contribution is 0.200. The summed E-state index contributed by atoms with van der Waals surface area (Å²) in [6.07, 6.45) is 7.83. The highest BCUT2D eigenvalue weighted by molar-refractivity contribution is 5.49. The molecule has 0 bridgehead atoms. The number of methoxy groups -OCH3 is 1. The Hall–Kier alpha value is -2.81. The second kappa shape index (κ2) is 7.31. The van der Waals surface area contributed by atoms with Gasteiger partial charge in [-0.15, -0.1) is 0 Å². The Kier molecular flexibility index (Phi) is 4.84. The number of ether oxygens (including phenoxy) is 2. The van der Waals surface area contributed by atoms with Crippen LogP contribution in [0.3, 0.4) is 0 Å². The van der Waals surface area contributed by atoms with E-state index in [0.717, 1.165) is 24.1 Å². The summed E-state index contributed by atoms with van der Waals surface area (Å²) in [5.74, 6) is 1.36. The maximum absolute atomic E-state index is 12.6. The number of rotatable bonds is 4. The molecule has 0 amide bonds. The number of nitriles is 1. The zero-order valence-corrected chi connectivity index (χ0v) is 16.4. The molecule has 2 aliphatic carbocycles. The fourth-order valence-corrected chi connectivity index (χ4v) is 4.40. The Balaban J connectivity index is 1.73. The zero-order valence-electron chi connectivity index (χ0n) is 16.4. The molecule has 1 aromatic heterocycles. The molecule has 0 spiro atoms. The van der Waals surface area contributed by atoms with Crippen molar-refractivity contribution in [2.24, 2.45) is 7.05 Å². The van der Waals surface area contributed by atoms with Crippen LogP contribution < -0.4 is 15.0 Å². The van der Waals surface area contributed by atoms with Crippen molar-refractivity contribution in [2.75, 3.05) is 7.11 Å². The van der Waals surface area contributed by atoms with Crippen LogP contribution in [0.5, 0.6) is 11.5 Å². The smallest absolute Gasteiger partial charge is 0.256 e. The van der Waals surface area contributed by atoms with E-state index in [4.69, 9.17) is 9.47 Å². The molecule has 6 nitrogen and oxygen atoms in total. The fraction of sp³-hybridized carbons (Fsp3) is 0.500. The van der Waals surface area contributed by atoms with Crippen LogP contribution in [0.15, 0.2) is 29.3 Å². The number of benzene rings is 1. The first kappa shape index (κ1) is 18.5. The summed E-state index contributed by atoms with van der Waals surface area (Å²) in [6.45, 7) is 0. The van der Waals surface area contributed by atoms with E-state index in [1.165, 1.54) is 17.4 Å². The summed E-state index contributed by atoms with van der Waals surface area (Å²) in [4.78, 5) is 17.0. The topological polar surface area (TPSA) is 77.1 Å². The maximum Gasteiger partial charge on any atom is 0.256 e. The first-order valence-electron chi connectivity index (χ1n) is 9.86. The van der Waals surface area contributed by atoms with Gasteiger partial charge in [0.15, 0.2) is 11.5 Å². The van der Waals surface area contributed by atoms with Crippen LogP contribution in [0.1, 0.15) is 48.9 Å². The van der Waals surface area contributed by atoms with Crippen molar-refractivity contribution in [1.82, 2.24) is 9.55 Å². The van der Waals surface area contributed by atoms with Crippen molar-refractivity contribution in [2.45, 2.75) is 56.5 Å². The molecule has 6 heteroatoms. The lowest BCUT2D eigenvalue weighted by Gasteiger charge is -2.32. The average Bonchev–Trinajstić information content (AvgIpc) is 3.23. The van der Waals surface area contributed by atoms with Crippen molar-refractivity contribution in [1.29, 1.82) is 5.26 Å². The third kappa shape index (κ3) is 3.15. The van der Waals surface area contributed by atoms with E-state index in [2.05, 4.69) is 11.1 Å². The van der Waals surface area contributed by atoms with Gasteiger partial charge in [0.2, 0.25) is 0 Å². The molecular formula is C22H25N3O3. The van der Waals surface area contributed by atoms with Crippen molar-refractivity contribution in [3.8, 4) is 17.6 Å². The Morgan fingerprint density at radius 2 is 2.07 bits per heavy atom. The van der Waals surface area contributed by atoms with Gasteiger partial charge in [-0.2, -0.15) is 5.26 Å². The van der Waals surface area contributed by atoms with Crippen molar-refractivity contribution < 1.29 is 9.47 Å². The molecule has 0 N–H and O–H groups in total. The van der Waals surface area contributed by atoms with Crippen LogP contribution in [-0.2, 0) is 25.3 Å². The minimum Gasteiger partial charge on any atom is -0.493 e. The van der Waals surface area contributed by atoms with Crippen LogP contribution in [0.2, 0.25) is 0 Å². The quantitative estimate of drug-likeness (QED) is 0.816. The molecular weight excluding hydrogens is 354 g/mol. The molecule has 0 aliphatic heterocycles. The molecule has 1 saturated carbocycles. The third-order valence-corrected chi connectivity index (χ3v) is 6.11. The number of hydrogen-bond donors (Lipinski definition) is 0. The Labute approximate surface area is 164 Å². The first-order chi connectivity index (χ1) is 13.6. The lowest BCUT2D eigenvalue weighted by Crippen LogP contribution is -2.37. The van der Waals surface area contributed by atoms with Gasteiger partial charge in [0, 0.05) is 19.0 Å². The van der Waals surface area contributed by atoms with Crippen molar-refractivity contribution in [3.05, 3.63) is 51.7 Å². The summed E-state index contributed by atoms with van der Waals surface area (Å²) in [6, 6.07) is 8.24. The van der Waals surface area contributed by atoms with Crippen molar-refractivity contribution in [3.63, 3.8) is 0 Å². The number of fused-ring (bicyclic) bond motifs is 1. The lowest BCUT2D eigenvalue weighted by atomic mass is 9.69. The molecule has 1 unspecified atom stereocenters. The summed E-state index contributed by atoms with van der Waals surface area (Å²) < 4.78 is 13.2. The van der Waals surface area contributed by atoms with Crippen LogP contribution in [0, 0.1) is 11.3 Å². The van der Waals surface area contributed by atoms with Gasteiger partial charge in [0.25, 0.3) is 5.56 Å². The second-order valence-corrected chi connectivity index (χ2v) is 7.85. The van der Waals surface area contributed by atoms with Gasteiger partial charge in [0.1, 0.15) is 0 Å². The first-order valence-corrected chi connectivity index (χ1v) is 9.86. The van der Waals surface area contributed by atoms with Crippen LogP contribution in [0.4, 0.5) is 0 Å². The molecule has 0 saturated heterocycles. The highest BCUT2D eigenvalue weighted by Crippen LogP contribution is 2.41. The number of aryl methyl sites for hydroxylation is 2. The molecule has 2 aromatic rings. The maximum atomic E-state index is 12.6. The number of nitrogens with zero attached hydrogens (tertiary/aromatic N) is 3. The monoisotopic (exact) mass is 379 g/mol. The molecule has 1 heterocycles. The van der Waals surface area contributed by atoms with Gasteiger partial charge in [-0.05, 0) is 56.2 Å². The van der Waals surface area contributed by atoms with Gasteiger partial charge in [0.05, 0.1) is 36.7 Å². The summed E-state index contributed by atoms with van der Waals surface area (Å²) in [5, 5.41) is 10.1. The summed E-state index contributed by atoms with van der Waals surface area (Å²) in [7, 11) is 3.32. The van der Waals surface area contributed by atoms with Crippen LogP contribution >= 0.6 is 0 Å². The molecule has 1 fully saturated rings. The van der Waals surface area contributed by atoms with E-state index in [0.29, 0.717) is 36.3 Å². The van der Waals surface area contributed by atoms with Crippen LogP contribution in [-0.4, -0.2) is 22.8 Å². The van der Waals surface area contributed by atoms with Crippen molar-refractivity contribution >= 4 is 0 Å². The van der Waals surface area contributed by atoms with Gasteiger partial charge < -0.3 is 14.0 Å². The summed E-state index contributed by atoms with van der Waals surface area (Å²) in [5.41, 5.74) is 1.50. The Bertz CT molecular complexity index is 985. The van der Waals surface area contributed by atoms with Gasteiger partial charge in [-0.1, -0.05) is 6.07 Å². The van der Waals surface area contributed by atoms with E-state index in [1.807, 2.05) is 18.2 Å².